The zero-order valence-corrected chi connectivity index (χ0v) is 15.3. The van der Waals surface area contributed by atoms with Crippen LogP contribution in [0.3, 0.4) is 0 Å². The highest BCUT2D eigenvalue weighted by Gasteiger charge is 2.37. The molecule has 3 rings (SSSR count). The molecule has 2 atom stereocenters. The van der Waals surface area contributed by atoms with Crippen LogP contribution in [-0.2, 0) is 0 Å². The Balaban J connectivity index is 1.84. The summed E-state index contributed by atoms with van der Waals surface area (Å²) in [6, 6.07) is 4.03. The summed E-state index contributed by atoms with van der Waals surface area (Å²) < 4.78 is 6.22. The van der Waals surface area contributed by atoms with E-state index in [0.717, 1.165) is 31.6 Å². The molecule has 0 saturated carbocycles. The minimum Gasteiger partial charge on any atom is -0.503 e. The molecule has 1 aromatic rings. The van der Waals surface area contributed by atoms with Crippen LogP contribution in [0.5, 0.6) is 11.5 Å². The Morgan fingerprint density at radius 3 is 3.00 bits per heavy atom. The van der Waals surface area contributed by atoms with E-state index in [1.165, 1.54) is 12.1 Å². The first-order chi connectivity index (χ1) is 11.1. The van der Waals surface area contributed by atoms with Gasteiger partial charge in [0, 0.05) is 31.1 Å². The number of likely N-dealkylation sites (tertiary alicyclic amines) is 1. The summed E-state index contributed by atoms with van der Waals surface area (Å²) in [6.07, 6.45) is 2.21. The molecule has 0 radical (unpaired) electrons. The van der Waals surface area contributed by atoms with E-state index in [0.29, 0.717) is 22.7 Å². The maximum Gasteiger partial charge on any atom is 0.172 e. The van der Waals surface area contributed by atoms with Gasteiger partial charge in [0.25, 0.3) is 0 Å². The van der Waals surface area contributed by atoms with Gasteiger partial charge in [0.05, 0.1) is 17.1 Å². The molecule has 0 aliphatic carbocycles. The highest BCUT2D eigenvalue weighted by Crippen LogP contribution is 2.40. The predicted molar refractivity (Wildman–Crippen MR) is 95.1 cm³/mol. The molecule has 2 unspecified atom stereocenters. The molecule has 0 amide bonds. The standard InChI is InChI=1S/C17H24BrN3O2/c1-3-6-21-7-5-14-12(10-21)16(20-19-14)11-8-13(18)17(22)15(9-11)23-4-2/h8-9,12,16,20,22H,3-7,10H2,1-2H3. The molecule has 2 aliphatic heterocycles. The van der Waals surface area contributed by atoms with Crippen molar-refractivity contribution in [2.24, 2.45) is 11.0 Å². The Hall–Kier alpha value is -1.27. The molecule has 2 N–H and O–H groups in total. The SMILES string of the molecule is CCCN1CCC2=NNC(c3cc(Br)c(O)c(OCC)c3)C2C1. The highest BCUT2D eigenvalue weighted by atomic mass is 79.9. The second kappa shape index (κ2) is 7.09. The molecule has 6 heteroatoms. The summed E-state index contributed by atoms with van der Waals surface area (Å²) in [5.41, 5.74) is 5.66. The van der Waals surface area contributed by atoms with E-state index in [1.807, 2.05) is 19.1 Å². The summed E-state index contributed by atoms with van der Waals surface area (Å²) in [7, 11) is 0. The number of nitrogens with one attached hydrogen (secondary N) is 1. The largest absolute Gasteiger partial charge is 0.503 e. The molecule has 1 saturated heterocycles. The lowest BCUT2D eigenvalue weighted by molar-refractivity contribution is 0.228. The second-order valence-electron chi connectivity index (χ2n) is 6.15. The number of hydrogen-bond donors (Lipinski definition) is 2. The Labute approximate surface area is 145 Å². The minimum atomic E-state index is 0.140. The van der Waals surface area contributed by atoms with E-state index in [4.69, 9.17) is 4.74 Å². The van der Waals surface area contributed by atoms with E-state index in [1.54, 1.807) is 0 Å². The third-order valence-electron chi connectivity index (χ3n) is 4.57. The molecule has 126 valence electrons. The molecule has 2 heterocycles. The van der Waals surface area contributed by atoms with Crippen LogP contribution in [0.15, 0.2) is 21.7 Å². The van der Waals surface area contributed by atoms with E-state index < -0.39 is 0 Å². The van der Waals surface area contributed by atoms with E-state index in [2.05, 4.69) is 38.3 Å². The molecule has 0 bridgehead atoms. The van der Waals surface area contributed by atoms with Crippen LogP contribution in [0.25, 0.3) is 0 Å². The van der Waals surface area contributed by atoms with Crippen molar-refractivity contribution < 1.29 is 9.84 Å². The number of hydrazone groups is 1. The third-order valence-corrected chi connectivity index (χ3v) is 5.17. The van der Waals surface area contributed by atoms with Gasteiger partial charge >= 0.3 is 0 Å². The van der Waals surface area contributed by atoms with Crippen molar-refractivity contribution in [2.45, 2.75) is 32.7 Å². The van der Waals surface area contributed by atoms with Crippen LogP contribution in [0, 0.1) is 5.92 Å². The van der Waals surface area contributed by atoms with Crippen molar-refractivity contribution in [2.75, 3.05) is 26.2 Å². The average Bonchev–Trinajstić information content (AvgIpc) is 2.95. The van der Waals surface area contributed by atoms with Crippen molar-refractivity contribution >= 4 is 21.6 Å². The molecule has 0 spiro atoms. The highest BCUT2D eigenvalue weighted by molar-refractivity contribution is 9.10. The fourth-order valence-electron chi connectivity index (χ4n) is 3.48. The maximum absolute atomic E-state index is 10.1. The number of aromatic hydroxyl groups is 1. The number of phenols is 1. The predicted octanol–water partition coefficient (Wildman–Crippen LogP) is 3.29. The van der Waals surface area contributed by atoms with Gasteiger partial charge in [-0.2, -0.15) is 5.10 Å². The van der Waals surface area contributed by atoms with Crippen LogP contribution in [0.1, 0.15) is 38.3 Å². The number of rotatable bonds is 5. The number of phenolic OH excluding ortho intramolecular Hbond substituents is 1. The van der Waals surface area contributed by atoms with Gasteiger partial charge in [-0.1, -0.05) is 6.92 Å². The van der Waals surface area contributed by atoms with Gasteiger partial charge in [-0.05, 0) is 53.5 Å². The van der Waals surface area contributed by atoms with E-state index >= 15 is 0 Å². The zero-order chi connectivity index (χ0) is 16.4. The van der Waals surface area contributed by atoms with Crippen molar-refractivity contribution in [1.29, 1.82) is 0 Å². The summed E-state index contributed by atoms with van der Waals surface area (Å²) in [6.45, 7) is 7.93. The normalized spacial score (nSPS) is 24.0. The third kappa shape index (κ3) is 3.33. The van der Waals surface area contributed by atoms with E-state index in [-0.39, 0.29) is 11.8 Å². The van der Waals surface area contributed by atoms with Gasteiger partial charge in [-0.25, -0.2) is 0 Å². The molecule has 1 aromatic carbocycles. The maximum atomic E-state index is 10.1. The molecule has 1 fully saturated rings. The van der Waals surface area contributed by atoms with Gasteiger partial charge in [-0.3, -0.25) is 0 Å². The Kier molecular flexibility index (Phi) is 5.11. The average molecular weight is 382 g/mol. The van der Waals surface area contributed by atoms with E-state index in [9.17, 15) is 5.11 Å². The number of nitrogens with zero attached hydrogens (tertiary/aromatic N) is 2. The molecular formula is C17H24BrN3O2. The number of ether oxygens (including phenoxy) is 1. The van der Waals surface area contributed by atoms with Gasteiger partial charge < -0.3 is 20.2 Å². The van der Waals surface area contributed by atoms with Crippen LogP contribution in [-0.4, -0.2) is 42.0 Å². The topological polar surface area (TPSA) is 57.1 Å². The van der Waals surface area contributed by atoms with Crippen molar-refractivity contribution in [1.82, 2.24) is 10.3 Å². The Morgan fingerprint density at radius 2 is 2.26 bits per heavy atom. The number of piperidine rings is 1. The monoisotopic (exact) mass is 381 g/mol. The van der Waals surface area contributed by atoms with Gasteiger partial charge in [-0.15, -0.1) is 0 Å². The quantitative estimate of drug-likeness (QED) is 0.821. The summed E-state index contributed by atoms with van der Waals surface area (Å²) in [4.78, 5) is 2.52. The molecule has 5 nitrogen and oxygen atoms in total. The van der Waals surface area contributed by atoms with Gasteiger partial charge in [0.15, 0.2) is 11.5 Å². The van der Waals surface area contributed by atoms with Crippen molar-refractivity contribution in [3.63, 3.8) is 0 Å². The molecule has 2 aliphatic rings. The van der Waals surface area contributed by atoms with Gasteiger partial charge in [0.1, 0.15) is 0 Å². The fraction of sp³-hybridized carbons (Fsp3) is 0.588. The lowest BCUT2D eigenvalue weighted by Crippen LogP contribution is -2.42. The summed E-state index contributed by atoms with van der Waals surface area (Å²) in [5, 5.41) is 14.7. The van der Waals surface area contributed by atoms with Crippen LogP contribution in [0.4, 0.5) is 0 Å². The van der Waals surface area contributed by atoms with Crippen LogP contribution >= 0.6 is 15.9 Å². The first-order valence-corrected chi connectivity index (χ1v) is 9.12. The first-order valence-electron chi connectivity index (χ1n) is 8.33. The Morgan fingerprint density at radius 1 is 1.43 bits per heavy atom. The van der Waals surface area contributed by atoms with Crippen LogP contribution < -0.4 is 10.2 Å². The number of benzene rings is 1. The lowest BCUT2D eigenvalue weighted by Gasteiger charge is -2.33. The minimum absolute atomic E-state index is 0.140. The zero-order valence-electron chi connectivity index (χ0n) is 13.7. The lowest BCUT2D eigenvalue weighted by atomic mass is 9.86. The van der Waals surface area contributed by atoms with Crippen molar-refractivity contribution in [3.8, 4) is 11.5 Å². The first kappa shape index (κ1) is 16.6. The van der Waals surface area contributed by atoms with Gasteiger partial charge in [0.2, 0.25) is 0 Å². The molecule has 0 aromatic heterocycles. The molecule has 23 heavy (non-hydrogen) atoms. The summed E-state index contributed by atoms with van der Waals surface area (Å²) in [5.74, 6) is 1.07. The number of fused-ring (bicyclic) bond motifs is 1. The Bertz CT molecular complexity index is 606. The fourth-order valence-corrected chi connectivity index (χ4v) is 3.94. The van der Waals surface area contributed by atoms with Crippen molar-refractivity contribution in [3.05, 3.63) is 22.2 Å². The smallest absolute Gasteiger partial charge is 0.172 e. The van der Waals surface area contributed by atoms with Crippen LogP contribution in [0.2, 0.25) is 0 Å². The second-order valence-corrected chi connectivity index (χ2v) is 7.00. The molecular weight excluding hydrogens is 358 g/mol. The summed E-state index contributed by atoms with van der Waals surface area (Å²) >= 11 is 3.43. The number of hydrogen-bond acceptors (Lipinski definition) is 5. The number of halogens is 1.